The van der Waals surface area contributed by atoms with Crippen LogP contribution < -0.4 is 0 Å². The smallest absolute Gasteiger partial charge is 0.358 e. The molecule has 0 bridgehead atoms. The van der Waals surface area contributed by atoms with Gasteiger partial charge in [-0.15, -0.1) is 0 Å². The van der Waals surface area contributed by atoms with Crippen molar-refractivity contribution in [3.63, 3.8) is 0 Å². The first-order chi connectivity index (χ1) is 8.74. The lowest BCUT2D eigenvalue weighted by atomic mass is 10.1. The van der Waals surface area contributed by atoms with Gasteiger partial charge in [0.15, 0.2) is 5.69 Å². The van der Waals surface area contributed by atoms with Gasteiger partial charge in [-0.3, -0.25) is 0 Å². The number of rotatable bonds is 4. The molecule has 0 aromatic carbocycles. The minimum atomic E-state index is -0.334. The van der Waals surface area contributed by atoms with Crippen LogP contribution in [0.5, 0.6) is 0 Å². The lowest BCUT2D eigenvalue weighted by Gasteiger charge is -2.32. The highest BCUT2D eigenvalue weighted by atomic mass is 16.5. The molecule has 0 aliphatic carbocycles. The van der Waals surface area contributed by atoms with Gasteiger partial charge >= 0.3 is 5.97 Å². The normalized spacial score (nSPS) is 20.9. The molecule has 1 saturated heterocycles. The number of carbonyl (C=O) groups is 1. The van der Waals surface area contributed by atoms with Gasteiger partial charge in [-0.1, -0.05) is 6.92 Å². The number of carbonyl (C=O) groups excluding carboxylic acids is 1. The third-order valence-electron chi connectivity index (χ3n) is 3.44. The van der Waals surface area contributed by atoms with Crippen molar-refractivity contribution >= 4 is 5.97 Å². The highest BCUT2D eigenvalue weighted by Crippen LogP contribution is 2.21. The van der Waals surface area contributed by atoms with E-state index in [-0.39, 0.29) is 5.97 Å². The Morgan fingerprint density at radius 2 is 2.39 bits per heavy atom. The molecule has 0 amide bonds. The summed E-state index contributed by atoms with van der Waals surface area (Å²) in [5.41, 5.74) is 0.408. The zero-order valence-electron chi connectivity index (χ0n) is 11.1. The van der Waals surface area contributed by atoms with E-state index in [2.05, 4.69) is 16.8 Å². The number of hydrogen-bond acceptors (Lipinski definition) is 4. The molecule has 5 heteroatoms. The van der Waals surface area contributed by atoms with Crippen molar-refractivity contribution in [2.45, 2.75) is 32.7 Å². The van der Waals surface area contributed by atoms with Crippen LogP contribution >= 0.6 is 0 Å². The number of imidazole rings is 1. The highest BCUT2D eigenvalue weighted by molar-refractivity contribution is 5.86. The van der Waals surface area contributed by atoms with E-state index in [1.54, 1.807) is 13.3 Å². The fourth-order valence-corrected chi connectivity index (χ4v) is 2.41. The maximum absolute atomic E-state index is 11.6. The standard InChI is InChI=1S/C13H21N3O2/c1-3-15-7-5-6-11(8-15)16-9-12(14-10-16)13(17)18-4-2/h9-11H,3-8H2,1-2H3. The van der Waals surface area contributed by atoms with Gasteiger partial charge in [-0.25, -0.2) is 9.78 Å². The van der Waals surface area contributed by atoms with Crippen LogP contribution in [0, 0.1) is 0 Å². The molecule has 1 aliphatic rings. The number of likely N-dealkylation sites (tertiary alicyclic amines) is 1. The number of piperidine rings is 1. The molecule has 1 unspecified atom stereocenters. The average molecular weight is 251 g/mol. The largest absolute Gasteiger partial charge is 0.461 e. The third kappa shape index (κ3) is 2.90. The summed E-state index contributed by atoms with van der Waals surface area (Å²) in [7, 11) is 0. The number of aromatic nitrogens is 2. The summed E-state index contributed by atoms with van der Waals surface area (Å²) >= 11 is 0. The van der Waals surface area contributed by atoms with Crippen molar-refractivity contribution in [2.75, 3.05) is 26.2 Å². The van der Waals surface area contributed by atoms with E-state index in [4.69, 9.17) is 4.74 Å². The predicted octanol–water partition coefficient (Wildman–Crippen LogP) is 1.72. The van der Waals surface area contributed by atoms with Gasteiger partial charge in [0.2, 0.25) is 0 Å². The number of hydrogen-bond donors (Lipinski definition) is 0. The van der Waals surface area contributed by atoms with Crippen LogP contribution in [0.3, 0.4) is 0 Å². The van der Waals surface area contributed by atoms with E-state index in [9.17, 15) is 4.79 Å². The van der Waals surface area contributed by atoms with Crippen LogP contribution in [0.25, 0.3) is 0 Å². The fourth-order valence-electron chi connectivity index (χ4n) is 2.41. The lowest BCUT2D eigenvalue weighted by molar-refractivity contribution is 0.0520. The summed E-state index contributed by atoms with van der Waals surface area (Å²) in [6.07, 6.45) is 5.90. The van der Waals surface area contributed by atoms with E-state index in [0.29, 0.717) is 18.3 Å². The van der Waals surface area contributed by atoms with Gasteiger partial charge < -0.3 is 14.2 Å². The number of ether oxygens (including phenoxy) is 1. The van der Waals surface area contributed by atoms with Crippen molar-refractivity contribution in [3.8, 4) is 0 Å². The molecule has 1 aromatic rings. The summed E-state index contributed by atoms with van der Waals surface area (Å²) in [6.45, 7) is 7.66. The minimum absolute atomic E-state index is 0.334. The molecular formula is C13H21N3O2. The second-order valence-corrected chi connectivity index (χ2v) is 4.62. The molecule has 1 aromatic heterocycles. The van der Waals surface area contributed by atoms with Crippen molar-refractivity contribution < 1.29 is 9.53 Å². The summed E-state index contributed by atoms with van der Waals surface area (Å²) in [4.78, 5) is 18.1. The number of nitrogens with zero attached hydrogens (tertiary/aromatic N) is 3. The molecule has 0 saturated carbocycles. The molecular weight excluding hydrogens is 230 g/mol. The van der Waals surface area contributed by atoms with E-state index in [1.807, 2.05) is 10.8 Å². The number of esters is 1. The molecule has 1 aliphatic heterocycles. The van der Waals surface area contributed by atoms with Crippen LogP contribution in [-0.2, 0) is 4.74 Å². The Kier molecular flexibility index (Phi) is 4.36. The Balaban J connectivity index is 2.03. The van der Waals surface area contributed by atoms with Crippen molar-refractivity contribution in [1.82, 2.24) is 14.5 Å². The highest BCUT2D eigenvalue weighted by Gasteiger charge is 2.21. The van der Waals surface area contributed by atoms with E-state index < -0.39 is 0 Å². The maximum atomic E-state index is 11.6. The molecule has 5 nitrogen and oxygen atoms in total. The summed E-state index contributed by atoms with van der Waals surface area (Å²) in [6, 6.07) is 0.425. The molecule has 2 rings (SSSR count). The predicted molar refractivity (Wildman–Crippen MR) is 68.6 cm³/mol. The minimum Gasteiger partial charge on any atom is -0.461 e. The first-order valence-electron chi connectivity index (χ1n) is 6.67. The molecule has 0 N–H and O–H groups in total. The summed E-state index contributed by atoms with van der Waals surface area (Å²) < 4.78 is 7.00. The topological polar surface area (TPSA) is 47.4 Å². The Labute approximate surface area is 108 Å². The SMILES string of the molecule is CCOC(=O)c1cn(C2CCCN(CC)C2)cn1. The molecule has 100 valence electrons. The Hall–Kier alpha value is -1.36. The first-order valence-corrected chi connectivity index (χ1v) is 6.67. The molecule has 1 atom stereocenters. The van der Waals surface area contributed by atoms with Crippen LogP contribution in [0.2, 0.25) is 0 Å². The quantitative estimate of drug-likeness (QED) is 0.764. The van der Waals surface area contributed by atoms with Gasteiger partial charge in [0.05, 0.1) is 12.9 Å². The van der Waals surface area contributed by atoms with Gasteiger partial charge in [0, 0.05) is 18.8 Å². The van der Waals surface area contributed by atoms with E-state index in [0.717, 1.165) is 19.5 Å². The van der Waals surface area contributed by atoms with E-state index in [1.165, 1.54) is 13.0 Å². The van der Waals surface area contributed by atoms with Crippen LogP contribution in [0.15, 0.2) is 12.5 Å². The lowest BCUT2D eigenvalue weighted by Crippen LogP contribution is -2.36. The maximum Gasteiger partial charge on any atom is 0.358 e. The monoisotopic (exact) mass is 251 g/mol. The second-order valence-electron chi connectivity index (χ2n) is 4.62. The van der Waals surface area contributed by atoms with Crippen molar-refractivity contribution in [2.24, 2.45) is 0 Å². The molecule has 2 heterocycles. The average Bonchev–Trinajstić information content (AvgIpc) is 2.89. The van der Waals surface area contributed by atoms with Crippen LogP contribution in [0.4, 0.5) is 0 Å². The van der Waals surface area contributed by atoms with Crippen LogP contribution in [-0.4, -0.2) is 46.7 Å². The summed E-state index contributed by atoms with van der Waals surface area (Å²) in [5, 5.41) is 0. The zero-order valence-corrected chi connectivity index (χ0v) is 11.1. The summed E-state index contributed by atoms with van der Waals surface area (Å²) in [5.74, 6) is -0.334. The van der Waals surface area contributed by atoms with Crippen molar-refractivity contribution in [3.05, 3.63) is 18.2 Å². The molecule has 1 fully saturated rings. The zero-order chi connectivity index (χ0) is 13.0. The van der Waals surface area contributed by atoms with Gasteiger partial charge in [-0.2, -0.15) is 0 Å². The van der Waals surface area contributed by atoms with Gasteiger partial charge in [-0.05, 0) is 32.9 Å². The Bertz CT molecular complexity index is 403. The first kappa shape index (κ1) is 13.1. The molecule has 0 spiro atoms. The molecule has 0 radical (unpaired) electrons. The van der Waals surface area contributed by atoms with Crippen LogP contribution in [0.1, 0.15) is 43.2 Å². The molecule has 18 heavy (non-hydrogen) atoms. The Morgan fingerprint density at radius 3 is 3.11 bits per heavy atom. The third-order valence-corrected chi connectivity index (χ3v) is 3.44. The van der Waals surface area contributed by atoms with E-state index >= 15 is 0 Å². The fraction of sp³-hybridized carbons (Fsp3) is 0.692. The van der Waals surface area contributed by atoms with Crippen molar-refractivity contribution in [1.29, 1.82) is 0 Å². The number of likely N-dealkylation sites (N-methyl/N-ethyl adjacent to an activating group) is 1. The van der Waals surface area contributed by atoms with Gasteiger partial charge in [0.1, 0.15) is 0 Å². The second kappa shape index (κ2) is 6.00. The van der Waals surface area contributed by atoms with Gasteiger partial charge in [0.25, 0.3) is 0 Å². The Morgan fingerprint density at radius 1 is 1.56 bits per heavy atom.